The van der Waals surface area contributed by atoms with Crippen LogP contribution in [0.5, 0.6) is 0 Å². The summed E-state index contributed by atoms with van der Waals surface area (Å²) in [5, 5.41) is 11.7. The summed E-state index contributed by atoms with van der Waals surface area (Å²) in [6.07, 6.45) is 6.02. The Hall–Kier alpha value is -0.900. The minimum atomic E-state index is 0.559. The summed E-state index contributed by atoms with van der Waals surface area (Å²) in [6, 6.07) is 0. The Bertz CT molecular complexity index is 366. The Morgan fingerprint density at radius 3 is 2.76 bits per heavy atom. The van der Waals surface area contributed by atoms with Crippen molar-refractivity contribution in [3.05, 3.63) is 11.8 Å². The zero-order valence-corrected chi connectivity index (χ0v) is 10.5. The van der Waals surface area contributed by atoms with E-state index in [1.165, 1.54) is 25.7 Å². The van der Waals surface area contributed by atoms with Crippen molar-refractivity contribution in [3.63, 3.8) is 0 Å². The largest absolute Gasteiger partial charge is 0.425 e. The van der Waals surface area contributed by atoms with E-state index in [9.17, 15) is 0 Å². The second-order valence-electron chi connectivity index (χ2n) is 5.46. The molecule has 1 aromatic rings. The molecule has 0 aliphatic heterocycles. The highest BCUT2D eigenvalue weighted by atomic mass is 16.4. The van der Waals surface area contributed by atoms with E-state index in [-0.39, 0.29) is 0 Å². The fourth-order valence-electron chi connectivity index (χ4n) is 2.95. The Morgan fingerprint density at radius 1 is 1.18 bits per heavy atom. The molecule has 2 saturated carbocycles. The van der Waals surface area contributed by atoms with Crippen molar-refractivity contribution in [1.29, 1.82) is 0 Å². The van der Waals surface area contributed by atoms with Gasteiger partial charge in [-0.1, -0.05) is 6.92 Å². The highest BCUT2D eigenvalue weighted by molar-refractivity contribution is 5.06. The minimum absolute atomic E-state index is 0.559. The summed E-state index contributed by atoms with van der Waals surface area (Å²) in [5.74, 6) is 4.19. The van der Waals surface area contributed by atoms with Crippen LogP contribution in [0.3, 0.4) is 0 Å². The fourth-order valence-corrected chi connectivity index (χ4v) is 2.95. The summed E-state index contributed by atoms with van der Waals surface area (Å²) in [4.78, 5) is 0. The Balaban J connectivity index is 1.48. The predicted molar refractivity (Wildman–Crippen MR) is 64.7 cm³/mol. The maximum Gasteiger partial charge on any atom is 0.219 e. The quantitative estimate of drug-likeness (QED) is 0.767. The van der Waals surface area contributed by atoms with Gasteiger partial charge >= 0.3 is 0 Å². The molecule has 0 amide bonds. The molecule has 2 aliphatic rings. The summed E-state index contributed by atoms with van der Waals surface area (Å²) in [6.45, 7) is 4.17. The van der Waals surface area contributed by atoms with Gasteiger partial charge in [0.15, 0.2) is 0 Å². The van der Waals surface area contributed by atoms with Crippen LogP contribution in [0.25, 0.3) is 0 Å². The first-order valence-corrected chi connectivity index (χ1v) is 6.89. The van der Waals surface area contributed by atoms with E-state index in [1.54, 1.807) is 0 Å². The molecule has 0 spiro atoms. The molecule has 1 heterocycles. The van der Waals surface area contributed by atoms with Gasteiger partial charge in [-0.25, -0.2) is 0 Å². The first-order chi connectivity index (χ1) is 8.36. The van der Waals surface area contributed by atoms with E-state index in [1.807, 2.05) is 0 Å². The molecule has 0 saturated heterocycles. The lowest BCUT2D eigenvalue weighted by atomic mass is 10.0. The van der Waals surface area contributed by atoms with E-state index in [2.05, 4.69) is 22.4 Å². The number of rotatable bonds is 6. The van der Waals surface area contributed by atoms with Crippen molar-refractivity contribution in [1.82, 2.24) is 15.5 Å². The topological polar surface area (TPSA) is 51.0 Å². The second-order valence-corrected chi connectivity index (χ2v) is 5.46. The second kappa shape index (κ2) is 4.77. The van der Waals surface area contributed by atoms with Crippen LogP contribution in [0.15, 0.2) is 4.42 Å². The smallest absolute Gasteiger partial charge is 0.219 e. The van der Waals surface area contributed by atoms with E-state index < -0.39 is 0 Å². The molecule has 17 heavy (non-hydrogen) atoms. The normalized spacial score (nSPS) is 30.5. The molecule has 0 aromatic carbocycles. The van der Waals surface area contributed by atoms with Gasteiger partial charge in [0, 0.05) is 18.9 Å². The maximum atomic E-state index is 5.75. The van der Waals surface area contributed by atoms with Crippen LogP contribution in [-0.4, -0.2) is 23.3 Å². The molecular weight excluding hydrogens is 214 g/mol. The van der Waals surface area contributed by atoms with Gasteiger partial charge in [-0.2, -0.15) is 0 Å². The lowest BCUT2D eigenvalue weighted by Gasteiger charge is -2.04. The number of aromatic nitrogens is 2. The molecule has 1 aromatic heterocycles. The van der Waals surface area contributed by atoms with Gasteiger partial charge in [-0.15, -0.1) is 10.2 Å². The molecule has 1 N–H and O–H groups in total. The first kappa shape index (κ1) is 11.2. The molecule has 4 nitrogen and oxygen atoms in total. The molecule has 2 atom stereocenters. The lowest BCUT2D eigenvalue weighted by molar-refractivity contribution is 0.400. The SMILES string of the molecule is CCCNCCc1nnc(C2CC3CC3C2)o1. The van der Waals surface area contributed by atoms with Crippen molar-refractivity contribution < 1.29 is 4.42 Å². The van der Waals surface area contributed by atoms with Crippen LogP contribution in [0.4, 0.5) is 0 Å². The van der Waals surface area contributed by atoms with E-state index in [4.69, 9.17) is 4.42 Å². The molecule has 2 fully saturated rings. The van der Waals surface area contributed by atoms with E-state index in [0.29, 0.717) is 5.92 Å². The average Bonchev–Trinajstić information content (AvgIpc) is 2.81. The molecule has 94 valence electrons. The van der Waals surface area contributed by atoms with Crippen LogP contribution in [0.1, 0.15) is 50.3 Å². The van der Waals surface area contributed by atoms with Gasteiger partial charge in [0.1, 0.15) is 0 Å². The number of hydrogen-bond donors (Lipinski definition) is 1. The summed E-state index contributed by atoms with van der Waals surface area (Å²) in [7, 11) is 0. The monoisotopic (exact) mass is 235 g/mol. The molecule has 4 heteroatoms. The first-order valence-electron chi connectivity index (χ1n) is 6.89. The third-order valence-corrected chi connectivity index (χ3v) is 4.02. The molecule has 3 rings (SSSR count). The molecular formula is C13H21N3O. The molecule has 2 aliphatic carbocycles. The van der Waals surface area contributed by atoms with Gasteiger partial charge in [-0.05, 0) is 44.1 Å². The summed E-state index contributed by atoms with van der Waals surface area (Å²) >= 11 is 0. The van der Waals surface area contributed by atoms with Crippen LogP contribution in [0, 0.1) is 11.8 Å². The lowest BCUT2D eigenvalue weighted by Crippen LogP contribution is -2.17. The number of nitrogens with zero attached hydrogens (tertiary/aromatic N) is 2. The number of nitrogens with one attached hydrogen (secondary N) is 1. The Morgan fingerprint density at radius 2 is 2.00 bits per heavy atom. The van der Waals surface area contributed by atoms with E-state index >= 15 is 0 Å². The van der Waals surface area contributed by atoms with Gasteiger partial charge in [0.2, 0.25) is 11.8 Å². The Labute approximate surface area is 102 Å². The highest BCUT2D eigenvalue weighted by Gasteiger charge is 2.47. The summed E-state index contributed by atoms with van der Waals surface area (Å²) in [5.41, 5.74) is 0. The molecule has 0 bridgehead atoms. The van der Waals surface area contributed by atoms with Crippen molar-refractivity contribution in [2.24, 2.45) is 11.8 Å². The van der Waals surface area contributed by atoms with Gasteiger partial charge in [-0.3, -0.25) is 0 Å². The van der Waals surface area contributed by atoms with Gasteiger partial charge in [0.25, 0.3) is 0 Å². The fraction of sp³-hybridized carbons (Fsp3) is 0.846. The molecule has 0 radical (unpaired) electrons. The van der Waals surface area contributed by atoms with Crippen molar-refractivity contribution >= 4 is 0 Å². The van der Waals surface area contributed by atoms with Crippen LogP contribution < -0.4 is 5.32 Å². The average molecular weight is 235 g/mol. The molecule has 2 unspecified atom stereocenters. The zero-order chi connectivity index (χ0) is 11.7. The minimum Gasteiger partial charge on any atom is -0.425 e. The van der Waals surface area contributed by atoms with Crippen LogP contribution in [-0.2, 0) is 6.42 Å². The van der Waals surface area contributed by atoms with Gasteiger partial charge in [0.05, 0.1) is 0 Å². The number of hydrogen-bond acceptors (Lipinski definition) is 4. The third kappa shape index (κ3) is 2.51. The Kier molecular flexibility index (Phi) is 3.14. The van der Waals surface area contributed by atoms with E-state index in [0.717, 1.165) is 43.1 Å². The van der Waals surface area contributed by atoms with Crippen molar-refractivity contribution in [2.75, 3.05) is 13.1 Å². The van der Waals surface area contributed by atoms with Crippen molar-refractivity contribution in [3.8, 4) is 0 Å². The highest BCUT2D eigenvalue weighted by Crippen LogP contribution is 2.57. The predicted octanol–water partition coefficient (Wildman–Crippen LogP) is 2.13. The maximum absolute atomic E-state index is 5.75. The third-order valence-electron chi connectivity index (χ3n) is 4.02. The van der Waals surface area contributed by atoms with Gasteiger partial charge < -0.3 is 9.73 Å². The standard InChI is InChI=1S/C13H21N3O/c1-2-4-14-5-3-12-15-16-13(17-12)11-7-9-6-10(9)8-11/h9-11,14H,2-8H2,1H3. The summed E-state index contributed by atoms with van der Waals surface area (Å²) < 4.78 is 5.75. The van der Waals surface area contributed by atoms with Crippen LogP contribution in [0.2, 0.25) is 0 Å². The number of fused-ring (bicyclic) bond motifs is 1. The van der Waals surface area contributed by atoms with Crippen molar-refractivity contribution in [2.45, 2.75) is 44.9 Å². The zero-order valence-electron chi connectivity index (χ0n) is 10.5. The van der Waals surface area contributed by atoms with Crippen LogP contribution >= 0.6 is 0 Å².